The Morgan fingerprint density at radius 2 is 0.964 bits per heavy atom. The van der Waals surface area contributed by atoms with Crippen LogP contribution in [0.4, 0.5) is 0 Å². The lowest BCUT2D eigenvalue weighted by Crippen LogP contribution is -2.33. The molecule has 1 fully saturated rings. The van der Waals surface area contributed by atoms with Crippen LogP contribution in [0.1, 0.15) is 265 Å². The molecule has 6 heteroatoms. The van der Waals surface area contributed by atoms with Crippen molar-refractivity contribution in [2.45, 2.75) is 271 Å². The van der Waals surface area contributed by atoms with Gasteiger partial charge in [-0.25, -0.2) is 0 Å². The van der Waals surface area contributed by atoms with Gasteiger partial charge in [-0.2, -0.15) is 0 Å². The lowest BCUT2D eigenvalue weighted by Gasteiger charge is -2.30. The predicted octanol–water partition coefficient (Wildman–Crippen LogP) is 14.6. The molecule has 332 valence electrons. The van der Waals surface area contributed by atoms with Crippen molar-refractivity contribution in [1.82, 2.24) is 4.90 Å². The molecule has 0 aromatic carbocycles. The van der Waals surface area contributed by atoms with Crippen LogP contribution in [0, 0.1) is 5.41 Å². The second kappa shape index (κ2) is 39.3. The van der Waals surface area contributed by atoms with Crippen LogP contribution in [0.3, 0.4) is 0 Å². The molecule has 0 spiro atoms. The van der Waals surface area contributed by atoms with E-state index in [-0.39, 0.29) is 30.1 Å². The Balaban J connectivity index is 2.35. The zero-order chi connectivity index (χ0) is 40.6. The van der Waals surface area contributed by atoms with E-state index in [2.05, 4.69) is 25.7 Å². The number of aliphatic hydroxyl groups is 1. The quantitative estimate of drug-likeness (QED) is 0.0490. The average molecular weight is 792 g/mol. The van der Waals surface area contributed by atoms with Crippen molar-refractivity contribution in [1.29, 1.82) is 0 Å². The number of carbonyl (C=O) groups is 2. The summed E-state index contributed by atoms with van der Waals surface area (Å²) in [4.78, 5) is 28.5. The normalized spacial score (nSPS) is 14.0. The van der Waals surface area contributed by atoms with E-state index in [4.69, 9.17) is 9.47 Å². The SMILES string of the molecule is CCCCCCCCCC(=O)OCCCCCCCN(CCCCO)CCCCCCC1(C(=O)OC(CCCCCCCC)CCCCCCCC)CCCC1. The van der Waals surface area contributed by atoms with Crippen molar-refractivity contribution in [2.75, 3.05) is 32.8 Å². The molecular formula is C50H97NO5. The second-order valence-electron chi connectivity index (χ2n) is 17.9. The maximum absolute atomic E-state index is 13.9. The highest BCUT2D eigenvalue weighted by molar-refractivity contribution is 5.77. The minimum Gasteiger partial charge on any atom is -0.466 e. The Bertz CT molecular complexity index is 842. The van der Waals surface area contributed by atoms with Crippen LogP contribution in [-0.2, 0) is 19.1 Å². The van der Waals surface area contributed by atoms with Crippen LogP contribution in [0.15, 0.2) is 0 Å². The van der Waals surface area contributed by atoms with Crippen molar-refractivity contribution in [3.63, 3.8) is 0 Å². The number of esters is 2. The largest absolute Gasteiger partial charge is 0.466 e. The van der Waals surface area contributed by atoms with Gasteiger partial charge in [0.25, 0.3) is 0 Å². The number of ether oxygens (including phenoxy) is 2. The molecule has 0 amide bonds. The van der Waals surface area contributed by atoms with E-state index in [0.717, 1.165) is 96.7 Å². The van der Waals surface area contributed by atoms with E-state index in [1.54, 1.807) is 0 Å². The number of rotatable bonds is 43. The molecule has 0 unspecified atom stereocenters. The van der Waals surface area contributed by atoms with Gasteiger partial charge >= 0.3 is 11.9 Å². The molecule has 56 heavy (non-hydrogen) atoms. The number of hydrogen-bond acceptors (Lipinski definition) is 6. The zero-order valence-electron chi connectivity index (χ0n) is 38.0. The van der Waals surface area contributed by atoms with Gasteiger partial charge in [-0.1, -0.05) is 175 Å². The fourth-order valence-electron chi connectivity index (χ4n) is 8.84. The fourth-order valence-corrected chi connectivity index (χ4v) is 8.84. The smallest absolute Gasteiger partial charge is 0.312 e. The first kappa shape index (κ1) is 52.9. The fraction of sp³-hybridized carbons (Fsp3) is 0.960. The van der Waals surface area contributed by atoms with Gasteiger partial charge in [0.05, 0.1) is 12.0 Å². The molecule has 1 rings (SSSR count). The first-order chi connectivity index (χ1) is 27.5. The summed E-state index contributed by atoms with van der Waals surface area (Å²) in [6, 6.07) is 0. The summed E-state index contributed by atoms with van der Waals surface area (Å²) in [5, 5.41) is 9.36. The van der Waals surface area contributed by atoms with E-state index in [0.29, 0.717) is 13.0 Å². The van der Waals surface area contributed by atoms with E-state index in [1.165, 1.54) is 161 Å². The molecule has 0 aliphatic heterocycles. The third kappa shape index (κ3) is 30.0. The van der Waals surface area contributed by atoms with Crippen molar-refractivity contribution < 1.29 is 24.2 Å². The topological polar surface area (TPSA) is 76.1 Å². The van der Waals surface area contributed by atoms with Crippen molar-refractivity contribution in [3.05, 3.63) is 0 Å². The van der Waals surface area contributed by atoms with E-state index in [9.17, 15) is 14.7 Å². The summed E-state index contributed by atoms with van der Waals surface area (Å²) in [5.74, 6) is 0.130. The van der Waals surface area contributed by atoms with Crippen LogP contribution < -0.4 is 0 Å². The summed E-state index contributed by atoms with van der Waals surface area (Å²) < 4.78 is 12.0. The van der Waals surface area contributed by atoms with Gasteiger partial charge in [-0.3, -0.25) is 9.59 Å². The molecule has 1 saturated carbocycles. The summed E-state index contributed by atoms with van der Waals surface area (Å²) in [5.41, 5.74) is -0.230. The van der Waals surface area contributed by atoms with Crippen LogP contribution in [-0.4, -0.2) is 60.9 Å². The molecule has 1 N–H and O–H groups in total. The molecule has 6 nitrogen and oxygen atoms in total. The number of carbonyl (C=O) groups excluding carboxylic acids is 2. The highest BCUT2D eigenvalue weighted by atomic mass is 16.5. The van der Waals surface area contributed by atoms with Gasteiger partial charge in [0.15, 0.2) is 0 Å². The molecular weight excluding hydrogens is 695 g/mol. The Hall–Kier alpha value is -1.14. The number of hydrogen-bond donors (Lipinski definition) is 1. The molecule has 0 saturated heterocycles. The van der Waals surface area contributed by atoms with E-state index >= 15 is 0 Å². The number of unbranched alkanes of at least 4 members (excludes halogenated alkanes) is 24. The molecule has 0 heterocycles. The lowest BCUT2D eigenvalue weighted by atomic mass is 9.80. The van der Waals surface area contributed by atoms with E-state index < -0.39 is 0 Å². The van der Waals surface area contributed by atoms with Gasteiger partial charge in [-0.05, 0) is 103 Å². The Kier molecular flexibility index (Phi) is 37.1. The lowest BCUT2D eigenvalue weighted by molar-refractivity contribution is -0.163. The van der Waals surface area contributed by atoms with Gasteiger partial charge < -0.3 is 19.5 Å². The third-order valence-corrected chi connectivity index (χ3v) is 12.7. The average Bonchev–Trinajstić information content (AvgIpc) is 3.69. The summed E-state index contributed by atoms with van der Waals surface area (Å²) in [6.07, 6.45) is 44.7. The number of nitrogens with zero attached hydrogens (tertiary/aromatic N) is 1. The van der Waals surface area contributed by atoms with Crippen LogP contribution in [0.5, 0.6) is 0 Å². The maximum atomic E-state index is 13.9. The predicted molar refractivity (Wildman–Crippen MR) is 239 cm³/mol. The monoisotopic (exact) mass is 792 g/mol. The summed E-state index contributed by atoms with van der Waals surface area (Å²) in [7, 11) is 0. The first-order valence-electron chi connectivity index (χ1n) is 25.2. The van der Waals surface area contributed by atoms with Crippen LogP contribution >= 0.6 is 0 Å². The van der Waals surface area contributed by atoms with Crippen molar-refractivity contribution >= 4 is 11.9 Å². The molecule has 0 bridgehead atoms. The maximum Gasteiger partial charge on any atom is 0.312 e. The van der Waals surface area contributed by atoms with Crippen LogP contribution in [0.2, 0.25) is 0 Å². The molecule has 0 radical (unpaired) electrons. The third-order valence-electron chi connectivity index (χ3n) is 12.7. The Labute approximate surface area is 349 Å². The van der Waals surface area contributed by atoms with Gasteiger partial charge in [0, 0.05) is 13.0 Å². The minimum absolute atomic E-state index is 0.0149. The second-order valence-corrected chi connectivity index (χ2v) is 17.9. The Morgan fingerprint density at radius 1 is 0.536 bits per heavy atom. The highest BCUT2D eigenvalue weighted by Gasteiger charge is 2.42. The standard InChI is InChI=1S/C50H97NO5/c1-4-7-10-13-16-20-27-38-48(53)55-46-35-24-17-22-31-42-51(44-33-34-45-52)43-32-23-21-28-39-50(40-29-30-41-50)49(54)56-47(36-25-18-14-11-8-5-2)37-26-19-15-12-9-6-3/h47,52H,4-46H2,1-3H3. The highest BCUT2D eigenvalue weighted by Crippen LogP contribution is 2.44. The minimum atomic E-state index is -0.230. The number of aliphatic hydroxyl groups excluding tert-OH is 1. The van der Waals surface area contributed by atoms with Gasteiger partial charge in [0.2, 0.25) is 0 Å². The molecule has 1 aliphatic carbocycles. The summed E-state index contributed by atoms with van der Waals surface area (Å²) >= 11 is 0. The summed E-state index contributed by atoms with van der Waals surface area (Å²) in [6.45, 7) is 11.0. The van der Waals surface area contributed by atoms with Crippen molar-refractivity contribution in [3.8, 4) is 0 Å². The first-order valence-corrected chi connectivity index (χ1v) is 25.2. The molecule has 1 aliphatic rings. The van der Waals surface area contributed by atoms with E-state index in [1.807, 2.05) is 0 Å². The van der Waals surface area contributed by atoms with Gasteiger partial charge in [0.1, 0.15) is 6.10 Å². The van der Waals surface area contributed by atoms with Crippen LogP contribution in [0.25, 0.3) is 0 Å². The van der Waals surface area contributed by atoms with Crippen molar-refractivity contribution in [2.24, 2.45) is 5.41 Å². The van der Waals surface area contributed by atoms with Gasteiger partial charge in [-0.15, -0.1) is 0 Å². The molecule has 0 aromatic heterocycles. The zero-order valence-corrected chi connectivity index (χ0v) is 38.0. The molecule has 0 aromatic rings. The molecule has 0 atom stereocenters. The Morgan fingerprint density at radius 3 is 1.48 bits per heavy atom.